The van der Waals surface area contributed by atoms with E-state index >= 15 is 0 Å². The number of fused-ring (bicyclic) bond motifs is 1. The zero-order valence-corrected chi connectivity index (χ0v) is 10.3. The van der Waals surface area contributed by atoms with Gasteiger partial charge in [-0.05, 0) is 30.7 Å². The van der Waals surface area contributed by atoms with Gasteiger partial charge in [-0.2, -0.15) is 5.10 Å². The van der Waals surface area contributed by atoms with Crippen LogP contribution in [0.2, 0.25) is 0 Å². The summed E-state index contributed by atoms with van der Waals surface area (Å²) < 4.78 is 1.90. The summed E-state index contributed by atoms with van der Waals surface area (Å²) in [5.74, 6) is 2.52. The molecule has 2 aromatic heterocycles. The highest BCUT2D eigenvalue weighted by molar-refractivity contribution is 5.19. The predicted molar refractivity (Wildman–Crippen MR) is 65.7 cm³/mol. The standard InChI is InChI=1S/C13H18N4/c1-9-6-11-12(7-10(9)2)16-13(15-11)8-17-5-3-4-14-17/h3-5,9-10H,6-8H2,1-2H3,(H,15,16). The SMILES string of the molecule is CC1Cc2nc(Cn3cccn3)[nH]c2CC1C. The Morgan fingerprint density at radius 3 is 2.94 bits per heavy atom. The lowest BCUT2D eigenvalue weighted by Gasteiger charge is -2.24. The molecule has 2 heterocycles. The Balaban J connectivity index is 1.83. The average molecular weight is 230 g/mol. The minimum absolute atomic E-state index is 0.739. The van der Waals surface area contributed by atoms with Crippen LogP contribution >= 0.6 is 0 Å². The highest BCUT2D eigenvalue weighted by Crippen LogP contribution is 2.28. The number of imidazole rings is 1. The van der Waals surface area contributed by atoms with Gasteiger partial charge >= 0.3 is 0 Å². The van der Waals surface area contributed by atoms with Crippen LogP contribution in [0.5, 0.6) is 0 Å². The first kappa shape index (κ1) is 10.6. The van der Waals surface area contributed by atoms with Gasteiger partial charge in [0.25, 0.3) is 0 Å². The van der Waals surface area contributed by atoms with Crippen molar-refractivity contribution >= 4 is 0 Å². The first-order valence-corrected chi connectivity index (χ1v) is 6.26. The van der Waals surface area contributed by atoms with E-state index < -0.39 is 0 Å². The zero-order valence-electron chi connectivity index (χ0n) is 10.3. The van der Waals surface area contributed by atoms with Gasteiger partial charge in [0.15, 0.2) is 0 Å². The molecular formula is C13H18N4. The van der Waals surface area contributed by atoms with Gasteiger partial charge in [-0.3, -0.25) is 4.68 Å². The van der Waals surface area contributed by atoms with Crippen LogP contribution in [0.15, 0.2) is 18.5 Å². The number of H-pyrrole nitrogens is 1. The summed E-state index contributed by atoms with van der Waals surface area (Å²) in [6.07, 6.45) is 5.99. The van der Waals surface area contributed by atoms with E-state index in [9.17, 15) is 0 Å². The van der Waals surface area contributed by atoms with Crippen molar-refractivity contribution in [2.24, 2.45) is 11.8 Å². The molecule has 0 fully saturated rings. The van der Waals surface area contributed by atoms with E-state index in [-0.39, 0.29) is 0 Å². The quantitative estimate of drug-likeness (QED) is 0.858. The van der Waals surface area contributed by atoms with Crippen LogP contribution in [0, 0.1) is 11.8 Å². The number of hydrogen-bond donors (Lipinski definition) is 1. The fourth-order valence-corrected chi connectivity index (χ4v) is 2.49. The lowest BCUT2D eigenvalue weighted by molar-refractivity contribution is 0.355. The van der Waals surface area contributed by atoms with Crippen LogP contribution in [-0.2, 0) is 19.4 Å². The summed E-state index contributed by atoms with van der Waals surface area (Å²) in [5, 5.41) is 4.20. The minimum Gasteiger partial charge on any atom is -0.344 e. The number of rotatable bonds is 2. The van der Waals surface area contributed by atoms with Gasteiger partial charge < -0.3 is 4.98 Å². The zero-order chi connectivity index (χ0) is 11.8. The normalized spacial score (nSPS) is 23.6. The third-order valence-electron chi connectivity index (χ3n) is 3.80. The van der Waals surface area contributed by atoms with Gasteiger partial charge in [-0.15, -0.1) is 0 Å². The summed E-state index contributed by atoms with van der Waals surface area (Å²) in [6, 6.07) is 1.94. The molecule has 2 aromatic rings. The van der Waals surface area contributed by atoms with Gasteiger partial charge in [-0.1, -0.05) is 13.8 Å². The molecule has 0 saturated heterocycles. The number of nitrogens with one attached hydrogen (secondary N) is 1. The van der Waals surface area contributed by atoms with Crippen molar-refractivity contribution in [2.75, 3.05) is 0 Å². The second kappa shape index (κ2) is 4.02. The van der Waals surface area contributed by atoms with E-state index in [4.69, 9.17) is 4.98 Å². The van der Waals surface area contributed by atoms with Crippen LogP contribution in [0.25, 0.3) is 0 Å². The molecule has 17 heavy (non-hydrogen) atoms. The molecule has 1 N–H and O–H groups in total. The average Bonchev–Trinajstić information content (AvgIpc) is 2.89. The fraction of sp³-hybridized carbons (Fsp3) is 0.538. The molecule has 1 aliphatic carbocycles. The molecule has 90 valence electrons. The highest BCUT2D eigenvalue weighted by atomic mass is 15.3. The first-order valence-electron chi connectivity index (χ1n) is 6.26. The summed E-state index contributed by atoms with van der Waals surface area (Å²) in [7, 11) is 0. The summed E-state index contributed by atoms with van der Waals surface area (Å²) >= 11 is 0. The number of nitrogens with zero attached hydrogens (tertiary/aromatic N) is 3. The number of aromatic nitrogens is 4. The Morgan fingerprint density at radius 2 is 2.18 bits per heavy atom. The van der Waals surface area contributed by atoms with Crippen molar-refractivity contribution in [3.63, 3.8) is 0 Å². The van der Waals surface area contributed by atoms with Gasteiger partial charge in [0, 0.05) is 18.1 Å². The molecule has 3 rings (SSSR count). The topological polar surface area (TPSA) is 46.5 Å². The molecule has 0 bridgehead atoms. The predicted octanol–water partition coefficient (Wildman–Crippen LogP) is 2.03. The summed E-state index contributed by atoms with van der Waals surface area (Å²) in [6.45, 7) is 5.37. The van der Waals surface area contributed by atoms with Gasteiger partial charge in [0.05, 0.1) is 12.2 Å². The van der Waals surface area contributed by atoms with Crippen LogP contribution in [0.1, 0.15) is 31.1 Å². The molecule has 0 saturated carbocycles. The van der Waals surface area contributed by atoms with Gasteiger partial charge in [0.1, 0.15) is 5.82 Å². The van der Waals surface area contributed by atoms with E-state index in [0.29, 0.717) is 0 Å². The Labute approximate surface area is 101 Å². The maximum atomic E-state index is 4.69. The molecule has 2 atom stereocenters. The van der Waals surface area contributed by atoms with Crippen LogP contribution in [0.3, 0.4) is 0 Å². The molecule has 1 aliphatic rings. The Kier molecular flexibility index (Phi) is 2.50. The Bertz CT molecular complexity index is 470. The Morgan fingerprint density at radius 1 is 1.35 bits per heavy atom. The summed E-state index contributed by atoms with van der Waals surface area (Å²) in [4.78, 5) is 8.15. The van der Waals surface area contributed by atoms with E-state index in [2.05, 4.69) is 23.9 Å². The number of hydrogen-bond acceptors (Lipinski definition) is 2. The largest absolute Gasteiger partial charge is 0.344 e. The molecule has 0 spiro atoms. The van der Waals surface area contributed by atoms with E-state index in [0.717, 1.165) is 37.0 Å². The molecule has 0 radical (unpaired) electrons. The van der Waals surface area contributed by atoms with Crippen molar-refractivity contribution in [3.8, 4) is 0 Å². The minimum atomic E-state index is 0.739. The molecule has 2 unspecified atom stereocenters. The van der Waals surface area contributed by atoms with E-state index in [1.165, 1.54) is 11.4 Å². The maximum Gasteiger partial charge on any atom is 0.128 e. The monoisotopic (exact) mass is 230 g/mol. The van der Waals surface area contributed by atoms with Gasteiger partial charge in [-0.25, -0.2) is 4.98 Å². The van der Waals surface area contributed by atoms with E-state index in [1.54, 1.807) is 6.20 Å². The van der Waals surface area contributed by atoms with Crippen molar-refractivity contribution in [2.45, 2.75) is 33.2 Å². The van der Waals surface area contributed by atoms with Crippen LogP contribution < -0.4 is 0 Å². The third-order valence-corrected chi connectivity index (χ3v) is 3.80. The van der Waals surface area contributed by atoms with E-state index in [1.807, 2.05) is 16.9 Å². The molecule has 0 aliphatic heterocycles. The second-order valence-corrected chi connectivity index (χ2v) is 5.18. The highest BCUT2D eigenvalue weighted by Gasteiger charge is 2.24. The van der Waals surface area contributed by atoms with Crippen molar-refractivity contribution < 1.29 is 0 Å². The fourth-order valence-electron chi connectivity index (χ4n) is 2.49. The van der Waals surface area contributed by atoms with Crippen molar-refractivity contribution in [3.05, 3.63) is 35.7 Å². The molecule has 4 nitrogen and oxygen atoms in total. The second-order valence-electron chi connectivity index (χ2n) is 5.18. The van der Waals surface area contributed by atoms with Crippen molar-refractivity contribution in [1.82, 2.24) is 19.7 Å². The lowest BCUT2D eigenvalue weighted by Crippen LogP contribution is -2.20. The Hall–Kier alpha value is -1.58. The van der Waals surface area contributed by atoms with Gasteiger partial charge in [0.2, 0.25) is 0 Å². The maximum absolute atomic E-state index is 4.69. The number of aromatic amines is 1. The van der Waals surface area contributed by atoms with Crippen LogP contribution in [-0.4, -0.2) is 19.7 Å². The van der Waals surface area contributed by atoms with Crippen LogP contribution in [0.4, 0.5) is 0 Å². The third kappa shape index (κ3) is 1.99. The van der Waals surface area contributed by atoms with Crippen molar-refractivity contribution in [1.29, 1.82) is 0 Å². The molecule has 0 amide bonds. The molecular weight excluding hydrogens is 212 g/mol. The summed E-state index contributed by atoms with van der Waals surface area (Å²) in [5.41, 5.74) is 2.59. The molecule has 4 heteroatoms. The smallest absolute Gasteiger partial charge is 0.128 e. The lowest BCUT2D eigenvalue weighted by atomic mass is 9.82. The first-order chi connectivity index (χ1) is 8.22. The molecule has 0 aromatic carbocycles.